The lowest BCUT2D eigenvalue weighted by molar-refractivity contribution is 0.435. The predicted octanol–water partition coefficient (Wildman–Crippen LogP) is 1.82. The smallest absolute Gasteiger partial charge is 0.279 e. The SMILES string of the molecule is CCCNCCCN(C)S(=O)(=O)NC1CCCC1SCC. The van der Waals surface area contributed by atoms with Crippen molar-refractivity contribution >= 4 is 22.0 Å². The Hall–Kier alpha value is 0.180. The van der Waals surface area contributed by atoms with Gasteiger partial charge in [-0.25, -0.2) is 0 Å². The topological polar surface area (TPSA) is 61.4 Å². The van der Waals surface area contributed by atoms with Gasteiger partial charge in [-0.05, 0) is 44.5 Å². The normalized spacial score (nSPS) is 23.0. The predicted molar refractivity (Wildman–Crippen MR) is 92.0 cm³/mol. The first-order chi connectivity index (χ1) is 10.0. The monoisotopic (exact) mass is 337 g/mol. The van der Waals surface area contributed by atoms with Crippen molar-refractivity contribution in [2.75, 3.05) is 32.4 Å². The number of nitrogens with one attached hydrogen (secondary N) is 2. The molecule has 0 aromatic heterocycles. The van der Waals surface area contributed by atoms with Crippen LogP contribution in [-0.4, -0.2) is 56.4 Å². The number of rotatable bonds is 11. The van der Waals surface area contributed by atoms with Crippen LogP contribution in [0.1, 0.15) is 46.0 Å². The highest BCUT2D eigenvalue weighted by Crippen LogP contribution is 2.30. The van der Waals surface area contributed by atoms with Gasteiger partial charge in [-0.1, -0.05) is 20.3 Å². The second-order valence-corrected chi connectivity index (χ2v) is 8.90. The summed E-state index contributed by atoms with van der Waals surface area (Å²) < 4.78 is 29.0. The Morgan fingerprint density at radius 2 is 2.00 bits per heavy atom. The van der Waals surface area contributed by atoms with Crippen molar-refractivity contribution < 1.29 is 8.42 Å². The number of hydrogen-bond donors (Lipinski definition) is 2. The van der Waals surface area contributed by atoms with E-state index >= 15 is 0 Å². The highest BCUT2D eigenvalue weighted by molar-refractivity contribution is 8.00. The molecule has 0 aromatic carbocycles. The molecule has 2 N–H and O–H groups in total. The average Bonchev–Trinajstić information content (AvgIpc) is 2.85. The Bertz CT molecular complexity index is 376. The van der Waals surface area contributed by atoms with Gasteiger partial charge in [-0.2, -0.15) is 29.2 Å². The van der Waals surface area contributed by atoms with Gasteiger partial charge in [0.1, 0.15) is 0 Å². The van der Waals surface area contributed by atoms with Gasteiger partial charge in [0, 0.05) is 24.9 Å². The molecule has 1 rings (SSSR count). The van der Waals surface area contributed by atoms with E-state index in [4.69, 9.17) is 0 Å². The number of nitrogens with zero attached hydrogens (tertiary/aromatic N) is 1. The number of hydrogen-bond acceptors (Lipinski definition) is 4. The molecule has 1 aliphatic rings. The van der Waals surface area contributed by atoms with E-state index in [1.54, 1.807) is 7.05 Å². The van der Waals surface area contributed by atoms with Crippen molar-refractivity contribution in [3.05, 3.63) is 0 Å². The van der Waals surface area contributed by atoms with Crippen LogP contribution < -0.4 is 10.0 Å². The molecule has 0 heterocycles. The third kappa shape index (κ3) is 6.86. The van der Waals surface area contributed by atoms with Gasteiger partial charge in [-0.15, -0.1) is 0 Å². The van der Waals surface area contributed by atoms with Crippen LogP contribution >= 0.6 is 11.8 Å². The first-order valence-electron chi connectivity index (χ1n) is 8.07. The van der Waals surface area contributed by atoms with Gasteiger partial charge in [0.15, 0.2) is 0 Å². The van der Waals surface area contributed by atoms with Gasteiger partial charge in [0.05, 0.1) is 0 Å². The summed E-state index contributed by atoms with van der Waals surface area (Å²) in [7, 11) is -1.68. The molecular weight excluding hydrogens is 306 g/mol. The molecule has 0 bridgehead atoms. The lowest BCUT2D eigenvalue weighted by Crippen LogP contribution is -2.46. The van der Waals surface area contributed by atoms with Crippen molar-refractivity contribution in [3.63, 3.8) is 0 Å². The molecule has 1 aliphatic carbocycles. The van der Waals surface area contributed by atoms with Crippen LogP contribution in [0.25, 0.3) is 0 Å². The molecule has 0 aromatic rings. The van der Waals surface area contributed by atoms with E-state index in [0.717, 1.165) is 50.9 Å². The number of thioether (sulfide) groups is 1. The van der Waals surface area contributed by atoms with E-state index in [1.165, 1.54) is 4.31 Å². The van der Waals surface area contributed by atoms with Crippen molar-refractivity contribution in [1.82, 2.24) is 14.3 Å². The fourth-order valence-corrected chi connectivity index (χ4v) is 5.10. The summed E-state index contributed by atoms with van der Waals surface area (Å²) in [5.41, 5.74) is 0. The third-order valence-electron chi connectivity index (χ3n) is 3.80. The lowest BCUT2D eigenvalue weighted by atomic mass is 10.3. The minimum absolute atomic E-state index is 0.0978. The second-order valence-electron chi connectivity index (χ2n) is 5.58. The Balaban J connectivity index is 2.37. The molecule has 1 fully saturated rings. The highest BCUT2D eigenvalue weighted by Gasteiger charge is 2.31. The van der Waals surface area contributed by atoms with Crippen molar-refractivity contribution in [3.8, 4) is 0 Å². The molecule has 0 saturated heterocycles. The van der Waals surface area contributed by atoms with Crippen LogP contribution in [-0.2, 0) is 10.2 Å². The largest absolute Gasteiger partial charge is 0.317 e. The van der Waals surface area contributed by atoms with Gasteiger partial charge < -0.3 is 5.32 Å². The van der Waals surface area contributed by atoms with Gasteiger partial charge in [0.2, 0.25) is 0 Å². The summed E-state index contributed by atoms with van der Waals surface area (Å²) in [6, 6.07) is 0.0978. The minimum atomic E-state index is -3.35. The summed E-state index contributed by atoms with van der Waals surface area (Å²) in [5.74, 6) is 1.04. The molecule has 2 atom stereocenters. The molecule has 5 nitrogen and oxygen atoms in total. The second kappa shape index (κ2) is 10.0. The van der Waals surface area contributed by atoms with E-state index < -0.39 is 10.2 Å². The molecule has 0 radical (unpaired) electrons. The molecule has 1 saturated carbocycles. The summed E-state index contributed by atoms with van der Waals surface area (Å²) >= 11 is 1.87. The summed E-state index contributed by atoms with van der Waals surface area (Å²) in [6.07, 6.45) is 5.15. The molecule has 0 spiro atoms. The van der Waals surface area contributed by atoms with Crippen molar-refractivity contribution in [2.24, 2.45) is 0 Å². The zero-order valence-electron chi connectivity index (χ0n) is 13.6. The molecule has 2 unspecified atom stereocenters. The van der Waals surface area contributed by atoms with Gasteiger partial charge in [-0.3, -0.25) is 0 Å². The summed E-state index contributed by atoms with van der Waals surface area (Å²) in [6.45, 7) is 6.67. The Morgan fingerprint density at radius 1 is 1.24 bits per heavy atom. The Morgan fingerprint density at radius 3 is 2.67 bits per heavy atom. The summed E-state index contributed by atoms with van der Waals surface area (Å²) in [4.78, 5) is 0. The maximum Gasteiger partial charge on any atom is 0.279 e. The van der Waals surface area contributed by atoms with Crippen LogP contribution in [0.5, 0.6) is 0 Å². The standard InChI is InChI=1S/C14H31N3O2S2/c1-4-10-15-11-7-12-17(3)21(18,19)16-13-8-6-9-14(13)20-5-2/h13-16H,4-12H2,1-3H3. The lowest BCUT2D eigenvalue weighted by Gasteiger charge is -2.24. The highest BCUT2D eigenvalue weighted by atomic mass is 32.2. The van der Waals surface area contributed by atoms with Crippen LogP contribution in [0, 0.1) is 0 Å². The van der Waals surface area contributed by atoms with Crippen LogP contribution in [0.2, 0.25) is 0 Å². The Kier molecular flexibility index (Phi) is 9.20. The van der Waals surface area contributed by atoms with Crippen LogP contribution in [0.15, 0.2) is 0 Å². The van der Waals surface area contributed by atoms with E-state index in [0.29, 0.717) is 11.8 Å². The minimum Gasteiger partial charge on any atom is -0.317 e. The van der Waals surface area contributed by atoms with E-state index in [-0.39, 0.29) is 6.04 Å². The van der Waals surface area contributed by atoms with E-state index in [9.17, 15) is 8.42 Å². The Labute approximate surface area is 134 Å². The zero-order chi connectivity index (χ0) is 15.7. The zero-order valence-corrected chi connectivity index (χ0v) is 15.2. The van der Waals surface area contributed by atoms with E-state index in [2.05, 4.69) is 23.9 Å². The van der Waals surface area contributed by atoms with Gasteiger partial charge in [0.25, 0.3) is 10.2 Å². The molecule has 126 valence electrons. The fourth-order valence-electron chi connectivity index (χ4n) is 2.60. The molecule has 0 aliphatic heterocycles. The molecule has 21 heavy (non-hydrogen) atoms. The maximum absolute atomic E-state index is 12.3. The fraction of sp³-hybridized carbons (Fsp3) is 1.00. The summed E-state index contributed by atoms with van der Waals surface area (Å²) in [5, 5.41) is 3.73. The average molecular weight is 338 g/mol. The molecule has 7 heteroatoms. The first-order valence-corrected chi connectivity index (χ1v) is 10.6. The van der Waals surface area contributed by atoms with Crippen molar-refractivity contribution in [1.29, 1.82) is 0 Å². The molecular formula is C14H31N3O2S2. The maximum atomic E-state index is 12.3. The third-order valence-corrected chi connectivity index (χ3v) is 6.73. The van der Waals surface area contributed by atoms with Crippen molar-refractivity contribution in [2.45, 2.75) is 57.2 Å². The first kappa shape index (κ1) is 19.2. The quantitative estimate of drug-likeness (QED) is 0.565. The van der Waals surface area contributed by atoms with Crippen LogP contribution in [0.3, 0.4) is 0 Å². The van der Waals surface area contributed by atoms with E-state index in [1.807, 2.05) is 11.8 Å². The van der Waals surface area contributed by atoms with Gasteiger partial charge >= 0.3 is 0 Å². The molecule has 0 amide bonds. The van der Waals surface area contributed by atoms with Crippen LogP contribution in [0.4, 0.5) is 0 Å².